The number of rotatable bonds is 4. The highest BCUT2D eigenvalue weighted by Gasteiger charge is 2.25. The molecule has 1 fully saturated rings. The van der Waals surface area contributed by atoms with Crippen LogP contribution in [0.25, 0.3) is 11.4 Å². The minimum atomic E-state index is 0.187. The lowest BCUT2D eigenvalue weighted by atomic mass is 9.92. The van der Waals surface area contributed by atoms with Crippen molar-refractivity contribution < 1.29 is 4.79 Å². The zero-order valence-corrected chi connectivity index (χ0v) is 15.2. The lowest BCUT2D eigenvalue weighted by Crippen LogP contribution is -2.43. The molecule has 2 aromatic rings. The molecule has 0 N–H and O–H groups in total. The minimum absolute atomic E-state index is 0.187. The molecule has 1 aliphatic heterocycles. The third-order valence-corrected chi connectivity index (χ3v) is 5.32. The maximum atomic E-state index is 12.5. The van der Waals surface area contributed by atoms with Crippen molar-refractivity contribution in [2.24, 2.45) is 18.9 Å². The van der Waals surface area contributed by atoms with Gasteiger partial charge in [-0.2, -0.15) is 0 Å². The van der Waals surface area contributed by atoms with Gasteiger partial charge in [0.1, 0.15) is 0 Å². The van der Waals surface area contributed by atoms with Crippen molar-refractivity contribution in [3.8, 4) is 11.4 Å². The Hall–Kier alpha value is -1.89. The molecule has 3 heterocycles. The molecule has 6 nitrogen and oxygen atoms in total. The Balaban J connectivity index is 1.63. The molecular formula is C17H23N5OS. The Bertz CT molecular complexity index is 692. The van der Waals surface area contributed by atoms with Crippen molar-refractivity contribution in [2.45, 2.75) is 25.4 Å². The summed E-state index contributed by atoms with van der Waals surface area (Å²) in [6.07, 6.45) is 4.67. The van der Waals surface area contributed by atoms with Crippen LogP contribution in [0.1, 0.15) is 20.3 Å². The third-order valence-electron chi connectivity index (χ3n) is 4.32. The smallest absolute Gasteiger partial charge is 0.233 e. The molecular weight excluding hydrogens is 322 g/mol. The zero-order chi connectivity index (χ0) is 17.1. The van der Waals surface area contributed by atoms with Crippen LogP contribution in [0.5, 0.6) is 0 Å². The first-order chi connectivity index (χ1) is 11.5. The lowest BCUT2D eigenvalue weighted by molar-refractivity contribution is -0.130. The van der Waals surface area contributed by atoms with E-state index in [4.69, 9.17) is 0 Å². The fraction of sp³-hybridized carbons (Fsp3) is 0.529. The zero-order valence-electron chi connectivity index (χ0n) is 14.3. The number of carbonyl (C=O) groups is 1. The number of carbonyl (C=O) groups excluding carboxylic acids is 1. The topological polar surface area (TPSA) is 63.9 Å². The van der Waals surface area contributed by atoms with Gasteiger partial charge in [-0.05, 0) is 30.4 Å². The van der Waals surface area contributed by atoms with Crippen LogP contribution in [0.15, 0.2) is 29.7 Å². The quantitative estimate of drug-likeness (QED) is 0.797. The van der Waals surface area contributed by atoms with Gasteiger partial charge < -0.3 is 9.47 Å². The van der Waals surface area contributed by atoms with Crippen molar-refractivity contribution in [3.63, 3.8) is 0 Å². The molecule has 0 aromatic carbocycles. The minimum Gasteiger partial charge on any atom is -0.341 e. The van der Waals surface area contributed by atoms with E-state index in [1.54, 1.807) is 12.4 Å². The van der Waals surface area contributed by atoms with E-state index in [1.807, 2.05) is 28.6 Å². The number of pyridine rings is 1. The van der Waals surface area contributed by atoms with Gasteiger partial charge in [0.05, 0.1) is 5.75 Å². The van der Waals surface area contributed by atoms with Crippen molar-refractivity contribution in [2.75, 3.05) is 18.8 Å². The summed E-state index contributed by atoms with van der Waals surface area (Å²) in [5.41, 5.74) is 0.969. The molecule has 1 amide bonds. The van der Waals surface area contributed by atoms with Gasteiger partial charge >= 0.3 is 0 Å². The second kappa shape index (κ2) is 7.34. The van der Waals surface area contributed by atoms with E-state index in [0.29, 0.717) is 17.6 Å². The van der Waals surface area contributed by atoms with E-state index in [0.717, 1.165) is 29.6 Å². The Morgan fingerprint density at radius 1 is 1.21 bits per heavy atom. The highest BCUT2D eigenvalue weighted by molar-refractivity contribution is 7.99. The largest absolute Gasteiger partial charge is 0.341 e. The first-order valence-corrected chi connectivity index (χ1v) is 9.23. The van der Waals surface area contributed by atoms with E-state index in [2.05, 4.69) is 29.0 Å². The van der Waals surface area contributed by atoms with Crippen LogP contribution in [-0.2, 0) is 11.8 Å². The number of aromatic nitrogens is 4. The van der Waals surface area contributed by atoms with Crippen molar-refractivity contribution in [3.05, 3.63) is 24.5 Å². The molecule has 2 aromatic heterocycles. The molecule has 3 rings (SSSR count). The monoisotopic (exact) mass is 345 g/mol. The van der Waals surface area contributed by atoms with Crippen molar-refractivity contribution >= 4 is 17.7 Å². The maximum Gasteiger partial charge on any atom is 0.233 e. The van der Waals surface area contributed by atoms with E-state index >= 15 is 0 Å². The number of likely N-dealkylation sites (tertiary alicyclic amines) is 1. The second-order valence-electron chi connectivity index (χ2n) is 6.63. The Morgan fingerprint density at radius 3 is 2.54 bits per heavy atom. The molecule has 7 heteroatoms. The molecule has 0 bridgehead atoms. The van der Waals surface area contributed by atoms with Gasteiger partial charge in [0.25, 0.3) is 0 Å². The first-order valence-electron chi connectivity index (χ1n) is 8.25. The van der Waals surface area contributed by atoms with Crippen LogP contribution < -0.4 is 0 Å². The highest BCUT2D eigenvalue weighted by Crippen LogP contribution is 2.24. The predicted octanol–water partition coefficient (Wildman–Crippen LogP) is 2.47. The third kappa shape index (κ3) is 3.77. The van der Waals surface area contributed by atoms with E-state index in [9.17, 15) is 4.79 Å². The number of amides is 1. The van der Waals surface area contributed by atoms with Gasteiger partial charge in [0, 0.05) is 38.1 Å². The van der Waals surface area contributed by atoms with Gasteiger partial charge in [0.15, 0.2) is 11.0 Å². The van der Waals surface area contributed by atoms with Gasteiger partial charge in [-0.15, -0.1) is 10.2 Å². The van der Waals surface area contributed by atoms with Crippen LogP contribution in [0.4, 0.5) is 0 Å². The number of hydrogen-bond acceptors (Lipinski definition) is 5. The fourth-order valence-corrected chi connectivity index (χ4v) is 4.09. The van der Waals surface area contributed by atoms with E-state index < -0.39 is 0 Å². The Kier molecular flexibility index (Phi) is 5.18. The molecule has 24 heavy (non-hydrogen) atoms. The summed E-state index contributed by atoms with van der Waals surface area (Å²) in [4.78, 5) is 18.5. The van der Waals surface area contributed by atoms with Gasteiger partial charge in [-0.3, -0.25) is 9.78 Å². The average molecular weight is 345 g/mol. The van der Waals surface area contributed by atoms with Gasteiger partial charge in [-0.25, -0.2) is 0 Å². The molecule has 0 spiro atoms. The molecule has 1 saturated heterocycles. The van der Waals surface area contributed by atoms with Crippen molar-refractivity contribution in [1.82, 2.24) is 24.6 Å². The summed E-state index contributed by atoms with van der Waals surface area (Å²) in [7, 11) is 1.92. The number of thioether (sulfide) groups is 1. The van der Waals surface area contributed by atoms with Crippen LogP contribution in [0.3, 0.4) is 0 Å². The SMILES string of the molecule is C[C@H]1C[C@H](C)CN(C(=O)CSc2nnc(-c3ccncc3)n2C)C1. The molecule has 0 aliphatic carbocycles. The lowest BCUT2D eigenvalue weighted by Gasteiger charge is -2.34. The molecule has 128 valence electrons. The van der Waals surface area contributed by atoms with E-state index in [1.165, 1.54) is 18.2 Å². The second-order valence-corrected chi connectivity index (χ2v) is 7.58. The first kappa shape index (κ1) is 17.0. The fourth-order valence-electron chi connectivity index (χ4n) is 3.28. The molecule has 1 aliphatic rings. The summed E-state index contributed by atoms with van der Waals surface area (Å²) in [5, 5.41) is 9.22. The number of nitrogens with zero attached hydrogens (tertiary/aromatic N) is 5. The molecule has 0 radical (unpaired) electrons. The van der Waals surface area contributed by atoms with Crippen LogP contribution in [-0.4, -0.2) is 49.4 Å². The van der Waals surface area contributed by atoms with Crippen LogP contribution >= 0.6 is 11.8 Å². The number of piperidine rings is 1. The summed E-state index contributed by atoms with van der Waals surface area (Å²) in [6, 6.07) is 3.81. The Morgan fingerprint density at radius 2 is 1.88 bits per heavy atom. The average Bonchev–Trinajstić information content (AvgIpc) is 2.93. The molecule has 0 unspecified atom stereocenters. The van der Waals surface area contributed by atoms with Crippen molar-refractivity contribution in [1.29, 1.82) is 0 Å². The van der Waals surface area contributed by atoms with Gasteiger partial charge in [0.2, 0.25) is 5.91 Å². The van der Waals surface area contributed by atoms with Gasteiger partial charge in [-0.1, -0.05) is 25.6 Å². The summed E-state index contributed by atoms with van der Waals surface area (Å²) in [6.45, 7) is 6.16. The summed E-state index contributed by atoms with van der Waals surface area (Å²) < 4.78 is 1.93. The summed E-state index contributed by atoms with van der Waals surface area (Å²) in [5.74, 6) is 2.54. The van der Waals surface area contributed by atoms with Crippen LogP contribution in [0, 0.1) is 11.8 Å². The molecule has 2 atom stereocenters. The standard InChI is InChI=1S/C17H23N5OS/c1-12-8-13(2)10-22(9-12)15(23)11-24-17-20-19-16(21(17)3)14-4-6-18-7-5-14/h4-7,12-13H,8-11H2,1-3H3/t12-,13-/m0/s1. The van der Waals surface area contributed by atoms with E-state index in [-0.39, 0.29) is 5.91 Å². The summed E-state index contributed by atoms with van der Waals surface area (Å²) >= 11 is 1.45. The predicted molar refractivity (Wildman–Crippen MR) is 94.5 cm³/mol. The molecule has 0 saturated carbocycles. The van der Waals surface area contributed by atoms with Crippen LogP contribution in [0.2, 0.25) is 0 Å². The number of hydrogen-bond donors (Lipinski definition) is 0. The Labute approximate surface area is 146 Å². The maximum absolute atomic E-state index is 12.5. The highest BCUT2D eigenvalue weighted by atomic mass is 32.2. The normalized spacial score (nSPS) is 21.0.